The van der Waals surface area contributed by atoms with E-state index < -0.39 is 17.5 Å². The Labute approximate surface area is 123 Å². The third kappa shape index (κ3) is 2.80. The molecule has 0 unspecified atom stereocenters. The number of hydrogen-bond donors (Lipinski definition) is 1. The fourth-order valence-electron chi connectivity index (χ4n) is 1.97. The van der Waals surface area contributed by atoms with Crippen LogP contribution in [0.5, 0.6) is 0 Å². The summed E-state index contributed by atoms with van der Waals surface area (Å²) >= 11 is 5.86. The maximum absolute atomic E-state index is 13.5. The highest BCUT2D eigenvalue weighted by Crippen LogP contribution is 2.20. The lowest BCUT2D eigenvalue weighted by atomic mass is 10.2. The van der Waals surface area contributed by atoms with Crippen LogP contribution in [0.25, 0.3) is 5.65 Å². The van der Waals surface area contributed by atoms with Crippen molar-refractivity contribution in [3.8, 4) is 0 Å². The van der Waals surface area contributed by atoms with Crippen LogP contribution in [0.15, 0.2) is 36.7 Å². The summed E-state index contributed by atoms with van der Waals surface area (Å²) in [5.74, 6) is -3.21. The first-order valence-corrected chi connectivity index (χ1v) is 6.42. The average Bonchev–Trinajstić information content (AvgIpc) is 2.83. The second-order valence-electron chi connectivity index (χ2n) is 4.45. The third-order valence-electron chi connectivity index (χ3n) is 2.92. The van der Waals surface area contributed by atoms with Gasteiger partial charge in [-0.25, -0.2) is 18.2 Å². The van der Waals surface area contributed by atoms with Crippen molar-refractivity contribution in [2.24, 2.45) is 0 Å². The van der Waals surface area contributed by atoms with E-state index in [1.54, 1.807) is 28.9 Å². The summed E-state index contributed by atoms with van der Waals surface area (Å²) in [6.07, 6.45) is 3.37. The first-order valence-electron chi connectivity index (χ1n) is 6.04. The highest BCUT2D eigenvalue weighted by atomic mass is 35.5. The predicted octanol–water partition coefficient (Wildman–Crippen LogP) is 4.02. The van der Waals surface area contributed by atoms with E-state index in [9.17, 15) is 13.2 Å². The number of aromatic nitrogens is 2. The first-order chi connectivity index (χ1) is 10.0. The van der Waals surface area contributed by atoms with Crippen LogP contribution < -0.4 is 5.32 Å². The van der Waals surface area contributed by atoms with E-state index >= 15 is 0 Å². The van der Waals surface area contributed by atoms with Gasteiger partial charge in [0.15, 0.2) is 11.6 Å². The number of rotatable bonds is 3. The molecule has 0 atom stereocenters. The van der Waals surface area contributed by atoms with E-state index in [1.807, 2.05) is 0 Å². The molecule has 0 aliphatic carbocycles. The standard InChI is InChI=1S/C14H9ClF3N3/c15-8-1-2-13-20-10(7-21(13)6-8)5-19-12-4-9(16)3-11(17)14(12)18/h1-4,6-7,19H,5H2. The number of hydrogen-bond acceptors (Lipinski definition) is 2. The fourth-order valence-corrected chi connectivity index (χ4v) is 2.14. The number of fused-ring (bicyclic) bond motifs is 1. The highest BCUT2D eigenvalue weighted by Gasteiger charge is 2.11. The molecule has 2 aromatic heterocycles. The van der Waals surface area contributed by atoms with Crippen molar-refractivity contribution < 1.29 is 13.2 Å². The van der Waals surface area contributed by atoms with Gasteiger partial charge in [-0.1, -0.05) is 11.6 Å². The van der Waals surface area contributed by atoms with Crippen molar-refractivity contribution >= 4 is 22.9 Å². The number of anilines is 1. The second-order valence-corrected chi connectivity index (χ2v) is 4.88. The quantitative estimate of drug-likeness (QED) is 0.740. The van der Waals surface area contributed by atoms with E-state index in [0.717, 1.165) is 6.07 Å². The summed E-state index contributed by atoms with van der Waals surface area (Å²) in [5.41, 5.74) is 1.01. The molecule has 108 valence electrons. The first kappa shape index (κ1) is 13.8. The molecule has 1 N–H and O–H groups in total. The minimum absolute atomic E-state index is 0.124. The lowest BCUT2D eigenvalue weighted by Crippen LogP contribution is -2.03. The Kier molecular flexibility index (Phi) is 3.47. The maximum Gasteiger partial charge on any atom is 0.182 e. The van der Waals surface area contributed by atoms with Gasteiger partial charge in [-0.3, -0.25) is 0 Å². The Hall–Kier alpha value is -2.21. The molecule has 0 amide bonds. The van der Waals surface area contributed by atoms with Crippen LogP contribution in [0.2, 0.25) is 5.02 Å². The second kappa shape index (κ2) is 5.29. The number of halogens is 4. The van der Waals surface area contributed by atoms with Crippen LogP contribution in [0, 0.1) is 17.5 Å². The fraction of sp³-hybridized carbons (Fsp3) is 0.0714. The molecule has 2 heterocycles. The number of pyridine rings is 1. The minimum atomic E-state index is -1.24. The van der Waals surface area contributed by atoms with Crippen molar-refractivity contribution in [2.75, 3.05) is 5.32 Å². The molecule has 0 spiro atoms. The zero-order valence-electron chi connectivity index (χ0n) is 10.6. The largest absolute Gasteiger partial charge is 0.377 e. The molecule has 3 nitrogen and oxygen atoms in total. The smallest absolute Gasteiger partial charge is 0.182 e. The van der Waals surface area contributed by atoms with Crippen LogP contribution in [0.4, 0.5) is 18.9 Å². The summed E-state index contributed by atoms with van der Waals surface area (Å²) in [4.78, 5) is 4.28. The molecular weight excluding hydrogens is 303 g/mol. The zero-order valence-corrected chi connectivity index (χ0v) is 11.3. The SMILES string of the molecule is Fc1cc(F)c(F)c(NCc2cn3cc(Cl)ccc3n2)c1. The molecule has 3 rings (SSSR count). The van der Waals surface area contributed by atoms with Gasteiger partial charge in [-0.05, 0) is 12.1 Å². The third-order valence-corrected chi connectivity index (χ3v) is 3.14. The van der Waals surface area contributed by atoms with Crippen molar-refractivity contribution in [2.45, 2.75) is 6.54 Å². The normalized spacial score (nSPS) is 11.0. The topological polar surface area (TPSA) is 29.3 Å². The van der Waals surface area contributed by atoms with Crippen LogP contribution in [-0.4, -0.2) is 9.38 Å². The lowest BCUT2D eigenvalue weighted by molar-refractivity contribution is 0.497. The van der Waals surface area contributed by atoms with Crippen molar-refractivity contribution in [3.05, 3.63) is 64.8 Å². The Bertz CT molecular complexity index is 817. The van der Waals surface area contributed by atoms with E-state index in [-0.39, 0.29) is 12.2 Å². The van der Waals surface area contributed by atoms with Gasteiger partial charge in [0.05, 0.1) is 22.9 Å². The van der Waals surface area contributed by atoms with Gasteiger partial charge < -0.3 is 9.72 Å². The monoisotopic (exact) mass is 311 g/mol. The molecule has 7 heteroatoms. The van der Waals surface area contributed by atoms with Gasteiger partial charge >= 0.3 is 0 Å². The Morgan fingerprint density at radius 1 is 1.14 bits per heavy atom. The molecule has 0 aliphatic rings. The van der Waals surface area contributed by atoms with Crippen molar-refractivity contribution in [3.63, 3.8) is 0 Å². The van der Waals surface area contributed by atoms with Gasteiger partial charge in [-0.15, -0.1) is 0 Å². The summed E-state index contributed by atoms with van der Waals surface area (Å²) in [7, 11) is 0. The van der Waals surface area contributed by atoms with Crippen LogP contribution in [0.1, 0.15) is 5.69 Å². The molecule has 0 saturated heterocycles. The lowest BCUT2D eigenvalue weighted by Gasteiger charge is -2.06. The Balaban J connectivity index is 1.83. The van der Waals surface area contributed by atoms with Crippen molar-refractivity contribution in [1.29, 1.82) is 0 Å². The number of benzene rings is 1. The molecule has 0 fully saturated rings. The summed E-state index contributed by atoms with van der Waals surface area (Å²) < 4.78 is 41.4. The average molecular weight is 312 g/mol. The van der Waals surface area contributed by atoms with E-state index in [2.05, 4.69) is 10.3 Å². The van der Waals surface area contributed by atoms with E-state index in [4.69, 9.17) is 11.6 Å². The van der Waals surface area contributed by atoms with Gasteiger partial charge in [0.25, 0.3) is 0 Å². The molecule has 3 aromatic rings. The molecule has 21 heavy (non-hydrogen) atoms. The van der Waals surface area contributed by atoms with Gasteiger partial charge in [-0.2, -0.15) is 0 Å². The molecule has 0 saturated carbocycles. The van der Waals surface area contributed by atoms with Crippen molar-refractivity contribution in [1.82, 2.24) is 9.38 Å². The number of imidazole rings is 1. The highest BCUT2D eigenvalue weighted by molar-refractivity contribution is 6.30. The van der Waals surface area contributed by atoms with Crippen LogP contribution in [0.3, 0.4) is 0 Å². The van der Waals surface area contributed by atoms with Crippen LogP contribution >= 0.6 is 11.6 Å². The molecule has 0 aliphatic heterocycles. The zero-order chi connectivity index (χ0) is 15.0. The Morgan fingerprint density at radius 2 is 1.95 bits per heavy atom. The predicted molar refractivity (Wildman–Crippen MR) is 73.8 cm³/mol. The molecule has 0 radical (unpaired) electrons. The maximum atomic E-state index is 13.5. The summed E-state index contributed by atoms with van der Waals surface area (Å²) in [6.45, 7) is 0.124. The summed E-state index contributed by atoms with van der Waals surface area (Å²) in [6, 6.07) is 4.81. The number of nitrogens with zero attached hydrogens (tertiary/aromatic N) is 2. The van der Waals surface area contributed by atoms with Gasteiger partial charge in [0, 0.05) is 24.5 Å². The molecule has 0 bridgehead atoms. The van der Waals surface area contributed by atoms with Crippen LogP contribution in [-0.2, 0) is 6.54 Å². The van der Waals surface area contributed by atoms with Gasteiger partial charge in [0.2, 0.25) is 0 Å². The number of nitrogens with one attached hydrogen (secondary N) is 1. The summed E-state index contributed by atoms with van der Waals surface area (Å²) in [5, 5.41) is 3.18. The van der Waals surface area contributed by atoms with E-state index in [0.29, 0.717) is 22.4 Å². The Morgan fingerprint density at radius 3 is 2.76 bits per heavy atom. The molecule has 1 aromatic carbocycles. The van der Waals surface area contributed by atoms with Gasteiger partial charge in [0.1, 0.15) is 11.5 Å². The van der Waals surface area contributed by atoms with E-state index in [1.165, 1.54) is 0 Å². The minimum Gasteiger partial charge on any atom is -0.377 e. The molecular formula is C14H9ClF3N3.